The van der Waals surface area contributed by atoms with E-state index in [9.17, 15) is 4.79 Å². The highest BCUT2D eigenvalue weighted by Gasteiger charge is 2.20. The molecular formula is C23H23NO2S. The number of aryl methyl sites for hydroxylation is 2. The molecule has 0 aliphatic heterocycles. The Balaban J connectivity index is 2.17. The van der Waals surface area contributed by atoms with Crippen LogP contribution in [0.25, 0.3) is 32.1 Å². The van der Waals surface area contributed by atoms with Gasteiger partial charge in [-0.2, -0.15) is 0 Å². The highest BCUT2D eigenvalue weighted by Crippen LogP contribution is 2.42. The second-order valence-electron chi connectivity index (χ2n) is 6.89. The molecule has 1 N–H and O–H groups in total. The number of fused-ring (bicyclic) bond motifs is 3. The number of hydrogen-bond donors (Lipinski definition) is 1. The molecule has 0 atom stereocenters. The first-order chi connectivity index (χ1) is 13.1. The summed E-state index contributed by atoms with van der Waals surface area (Å²) in [5, 5.41) is 2.11. The molecule has 0 bridgehead atoms. The predicted molar refractivity (Wildman–Crippen MR) is 115 cm³/mol. The van der Waals surface area contributed by atoms with Crippen molar-refractivity contribution < 1.29 is 4.74 Å². The second kappa shape index (κ2) is 7.20. The molecule has 0 saturated heterocycles. The van der Waals surface area contributed by atoms with Crippen molar-refractivity contribution in [1.29, 1.82) is 0 Å². The molecule has 0 spiro atoms. The minimum atomic E-state index is -0.00398. The van der Waals surface area contributed by atoms with E-state index in [2.05, 4.69) is 36.2 Å². The van der Waals surface area contributed by atoms with Gasteiger partial charge in [0.2, 0.25) is 0 Å². The Bertz CT molecular complexity index is 1170. The number of benzene rings is 2. The van der Waals surface area contributed by atoms with Crippen molar-refractivity contribution in [2.75, 3.05) is 7.11 Å². The molecule has 0 aliphatic carbocycles. The number of aromatic amines is 1. The smallest absolute Gasteiger partial charge is 0.266 e. The zero-order chi connectivity index (χ0) is 19.0. The molecule has 2 aromatic carbocycles. The molecule has 2 heterocycles. The van der Waals surface area contributed by atoms with Crippen molar-refractivity contribution in [3.63, 3.8) is 0 Å². The Labute approximate surface area is 162 Å². The maximum atomic E-state index is 12.9. The molecular weight excluding hydrogens is 354 g/mol. The maximum Gasteiger partial charge on any atom is 0.266 e. The fourth-order valence-corrected chi connectivity index (χ4v) is 5.00. The molecule has 0 saturated carbocycles. The third-order valence-electron chi connectivity index (χ3n) is 5.06. The summed E-state index contributed by atoms with van der Waals surface area (Å²) in [5.41, 5.74) is 4.28. The van der Waals surface area contributed by atoms with E-state index in [1.54, 1.807) is 18.4 Å². The monoisotopic (exact) mass is 377 g/mol. The Morgan fingerprint density at radius 1 is 1.15 bits per heavy atom. The normalized spacial score (nSPS) is 11.4. The van der Waals surface area contributed by atoms with Crippen LogP contribution in [-0.4, -0.2) is 12.1 Å². The molecule has 2 aromatic heterocycles. The highest BCUT2D eigenvalue weighted by atomic mass is 32.1. The van der Waals surface area contributed by atoms with Crippen LogP contribution in [0.15, 0.2) is 47.3 Å². The van der Waals surface area contributed by atoms with Gasteiger partial charge < -0.3 is 9.72 Å². The van der Waals surface area contributed by atoms with Crippen LogP contribution in [0, 0.1) is 6.92 Å². The van der Waals surface area contributed by atoms with E-state index >= 15 is 0 Å². The van der Waals surface area contributed by atoms with E-state index in [4.69, 9.17) is 4.74 Å². The highest BCUT2D eigenvalue weighted by molar-refractivity contribution is 7.19. The lowest BCUT2D eigenvalue weighted by Gasteiger charge is -2.10. The van der Waals surface area contributed by atoms with Gasteiger partial charge in [-0.15, -0.1) is 11.3 Å². The van der Waals surface area contributed by atoms with Crippen LogP contribution in [-0.2, 0) is 6.42 Å². The molecule has 4 heteroatoms. The van der Waals surface area contributed by atoms with Gasteiger partial charge in [0, 0.05) is 21.2 Å². The maximum absolute atomic E-state index is 12.9. The van der Waals surface area contributed by atoms with E-state index in [0.29, 0.717) is 0 Å². The summed E-state index contributed by atoms with van der Waals surface area (Å²) in [5.74, 6) is 0.814. The fourth-order valence-electron chi connectivity index (χ4n) is 3.72. The van der Waals surface area contributed by atoms with Gasteiger partial charge in [0.1, 0.15) is 10.4 Å². The molecule has 138 valence electrons. The molecule has 0 amide bonds. The Hall–Kier alpha value is -2.59. The topological polar surface area (TPSA) is 42.1 Å². The van der Waals surface area contributed by atoms with Crippen LogP contribution in [0.5, 0.6) is 5.75 Å². The van der Waals surface area contributed by atoms with Crippen LogP contribution >= 0.6 is 11.3 Å². The number of thiophene rings is 1. The van der Waals surface area contributed by atoms with Crippen LogP contribution in [0.1, 0.15) is 30.2 Å². The lowest BCUT2D eigenvalue weighted by Crippen LogP contribution is -2.05. The summed E-state index contributed by atoms with van der Waals surface area (Å²) in [7, 11) is 1.68. The van der Waals surface area contributed by atoms with Crippen molar-refractivity contribution in [1.82, 2.24) is 4.98 Å². The van der Waals surface area contributed by atoms with Crippen molar-refractivity contribution in [2.24, 2.45) is 0 Å². The minimum absolute atomic E-state index is 0.00398. The van der Waals surface area contributed by atoms with Gasteiger partial charge in [-0.3, -0.25) is 4.79 Å². The number of ether oxygens (including phenoxy) is 1. The van der Waals surface area contributed by atoms with Crippen molar-refractivity contribution in [2.45, 2.75) is 33.1 Å². The molecule has 0 fully saturated rings. The average Bonchev–Trinajstić information content (AvgIpc) is 3.08. The van der Waals surface area contributed by atoms with Crippen LogP contribution in [0.3, 0.4) is 0 Å². The largest absolute Gasteiger partial charge is 0.497 e. The first-order valence-corrected chi connectivity index (χ1v) is 10.2. The van der Waals surface area contributed by atoms with Crippen LogP contribution in [0.2, 0.25) is 0 Å². The number of aromatic nitrogens is 1. The van der Waals surface area contributed by atoms with Gasteiger partial charge in [0.05, 0.1) is 12.6 Å². The molecule has 0 aliphatic rings. The van der Waals surface area contributed by atoms with Crippen molar-refractivity contribution in [3.8, 4) is 16.9 Å². The number of rotatable bonds is 5. The summed E-state index contributed by atoms with van der Waals surface area (Å²) in [6.45, 7) is 4.21. The Morgan fingerprint density at radius 3 is 2.63 bits per heavy atom. The first-order valence-electron chi connectivity index (χ1n) is 9.35. The van der Waals surface area contributed by atoms with Crippen molar-refractivity contribution in [3.05, 3.63) is 63.3 Å². The molecule has 27 heavy (non-hydrogen) atoms. The predicted octanol–water partition coefficient (Wildman–Crippen LogP) is 6.07. The molecule has 4 aromatic rings. The summed E-state index contributed by atoms with van der Waals surface area (Å²) in [6.07, 6.45) is 3.24. The molecule has 4 rings (SSSR count). The van der Waals surface area contributed by atoms with Gasteiger partial charge >= 0.3 is 0 Å². The summed E-state index contributed by atoms with van der Waals surface area (Å²) in [6, 6.07) is 14.4. The van der Waals surface area contributed by atoms with E-state index in [1.165, 1.54) is 16.0 Å². The van der Waals surface area contributed by atoms with E-state index in [-0.39, 0.29) is 5.56 Å². The number of unbranched alkanes of at least 4 members (excludes halogenated alkanes) is 1. The summed E-state index contributed by atoms with van der Waals surface area (Å²) in [4.78, 5) is 17.3. The molecule has 3 nitrogen and oxygen atoms in total. The zero-order valence-corrected chi connectivity index (χ0v) is 16.7. The number of methoxy groups -OCH3 is 1. The number of H-pyrrole nitrogens is 1. The number of nitrogens with one attached hydrogen (secondary N) is 1. The standard InChI is InChI=1S/C23H23NO2S/c1-4-5-11-18-19(15-9-7-6-8-10-15)20-17-13-16(26-3)12-14(2)21(17)24-23(25)22(20)27-18/h6-10,12-13H,4-5,11H2,1-3H3,(H,24,25). The fraction of sp³-hybridized carbons (Fsp3) is 0.261. The minimum Gasteiger partial charge on any atom is -0.497 e. The van der Waals surface area contributed by atoms with Crippen LogP contribution < -0.4 is 10.3 Å². The lowest BCUT2D eigenvalue weighted by molar-refractivity contribution is 0.415. The lowest BCUT2D eigenvalue weighted by atomic mass is 9.97. The van der Waals surface area contributed by atoms with Crippen LogP contribution in [0.4, 0.5) is 0 Å². The quantitative estimate of drug-likeness (QED) is 0.459. The first kappa shape index (κ1) is 17.8. The van der Waals surface area contributed by atoms with Gasteiger partial charge in [-0.05, 0) is 43.0 Å². The van der Waals surface area contributed by atoms with E-state index in [0.717, 1.165) is 51.6 Å². The van der Waals surface area contributed by atoms with Gasteiger partial charge in [0.25, 0.3) is 5.56 Å². The van der Waals surface area contributed by atoms with E-state index in [1.807, 2.05) is 25.1 Å². The Kier molecular flexibility index (Phi) is 4.75. The molecule has 0 radical (unpaired) electrons. The third-order valence-corrected chi connectivity index (χ3v) is 6.31. The van der Waals surface area contributed by atoms with Gasteiger partial charge in [-0.25, -0.2) is 0 Å². The number of hydrogen-bond acceptors (Lipinski definition) is 3. The third kappa shape index (κ3) is 3.04. The van der Waals surface area contributed by atoms with E-state index < -0.39 is 0 Å². The molecule has 0 unspecified atom stereocenters. The second-order valence-corrected chi connectivity index (χ2v) is 8.00. The number of pyridine rings is 1. The summed E-state index contributed by atoms with van der Waals surface area (Å²) >= 11 is 1.63. The van der Waals surface area contributed by atoms with Gasteiger partial charge in [0.15, 0.2) is 0 Å². The van der Waals surface area contributed by atoms with Crippen molar-refractivity contribution >= 4 is 32.3 Å². The zero-order valence-electron chi connectivity index (χ0n) is 15.9. The van der Waals surface area contributed by atoms with Gasteiger partial charge in [-0.1, -0.05) is 43.7 Å². The Morgan fingerprint density at radius 2 is 1.93 bits per heavy atom. The SMILES string of the molecule is CCCCc1sc2c(=O)[nH]c3c(C)cc(OC)cc3c2c1-c1ccccc1. The average molecular weight is 378 g/mol. The summed E-state index contributed by atoms with van der Waals surface area (Å²) < 4.78 is 6.32.